The number of nitrogens with two attached hydrogens (primary N) is 4. The number of H-pyrrole nitrogens is 1. The summed E-state index contributed by atoms with van der Waals surface area (Å²) in [6.07, 6.45) is 2.02. The first-order valence-electron chi connectivity index (χ1n) is 23.0. The van der Waals surface area contributed by atoms with Gasteiger partial charge in [0, 0.05) is 37.8 Å². The molecular formula is C42H71N15O14. The smallest absolute Gasteiger partial charge is 0.326 e. The SMILES string of the molecule is CC(C)C[C@H](NC(=O)[C@@H](N)CO)C(=O)N[C@@H](CCC(N)=O)C(=O)N1CCC[C@H]1C(=O)N[C@@H](CCCN=C(N)N)C(=O)N[C@@H](CO)C(=O)N[C@@H](Cc1cnc[nH]1)C(=O)N[C@@H](CO)C(=O)N[C@H](C(=O)O)C(C)C. The van der Waals surface area contributed by atoms with Crippen molar-refractivity contribution < 1.29 is 68.4 Å². The first kappa shape index (κ1) is 60.1. The van der Waals surface area contributed by atoms with Gasteiger partial charge in [-0.15, -0.1) is 0 Å². The third kappa shape index (κ3) is 20.1. The molecule has 0 aliphatic carbocycles. The molecule has 398 valence electrons. The van der Waals surface area contributed by atoms with E-state index < -0.39 is 139 Å². The number of aliphatic hydroxyl groups excluding tert-OH is 3. The molecule has 1 aromatic heterocycles. The highest BCUT2D eigenvalue weighted by atomic mass is 16.4. The zero-order chi connectivity index (χ0) is 53.5. The maximum absolute atomic E-state index is 14.2. The van der Waals surface area contributed by atoms with E-state index >= 15 is 0 Å². The Hall–Kier alpha value is -6.98. The van der Waals surface area contributed by atoms with Gasteiger partial charge in [0.15, 0.2) is 5.96 Å². The number of aliphatic carboxylic acids is 1. The van der Waals surface area contributed by atoms with Crippen molar-refractivity contribution in [2.75, 3.05) is 32.9 Å². The number of aliphatic hydroxyl groups is 3. The quantitative estimate of drug-likeness (QED) is 0.0187. The van der Waals surface area contributed by atoms with E-state index in [0.717, 1.165) is 4.90 Å². The number of hydrogen-bond donors (Lipinski definition) is 16. The van der Waals surface area contributed by atoms with Gasteiger partial charge in [-0.05, 0) is 50.4 Å². The lowest BCUT2D eigenvalue weighted by Gasteiger charge is -2.31. The number of carboxylic acid groups (broad SMARTS) is 1. The second-order valence-corrected chi connectivity index (χ2v) is 17.6. The Morgan fingerprint density at radius 2 is 1.28 bits per heavy atom. The summed E-state index contributed by atoms with van der Waals surface area (Å²) < 4.78 is 0. The molecule has 1 aromatic rings. The monoisotopic (exact) mass is 1010 g/mol. The lowest BCUT2D eigenvalue weighted by atomic mass is 10.0. The first-order valence-corrected chi connectivity index (χ1v) is 23.0. The molecule has 0 unspecified atom stereocenters. The number of carbonyl (C=O) groups excluding carboxylic acids is 9. The number of amides is 9. The van der Waals surface area contributed by atoms with Crippen molar-refractivity contribution in [2.45, 2.75) is 133 Å². The Labute approximate surface area is 409 Å². The predicted octanol–water partition coefficient (Wildman–Crippen LogP) is -7.25. The highest BCUT2D eigenvalue weighted by molar-refractivity contribution is 5.98. The highest BCUT2D eigenvalue weighted by Crippen LogP contribution is 2.21. The van der Waals surface area contributed by atoms with Crippen LogP contribution >= 0.6 is 0 Å². The predicted molar refractivity (Wildman–Crippen MR) is 250 cm³/mol. The van der Waals surface area contributed by atoms with Crippen molar-refractivity contribution in [2.24, 2.45) is 39.8 Å². The van der Waals surface area contributed by atoms with E-state index in [4.69, 9.17) is 22.9 Å². The number of guanidine groups is 1. The largest absolute Gasteiger partial charge is 0.480 e. The summed E-state index contributed by atoms with van der Waals surface area (Å²) in [4.78, 5) is 144. The molecule has 0 saturated carbocycles. The molecule has 0 aromatic carbocycles. The second kappa shape index (κ2) is 29.9. The molecule has 20 N–H and O–H groups in total. The molecule has 2 rings (SSSR count). The minimum Gasteiger partial charge on any atom is -0.480 e. The van der Waals surface area contributed by atoms with E-state index in [-0.39, 0.29) is 76.3 Å². The van der Waals surface area contributed by atoms with Crippen molar-refractivity contribution in [1.29, 1.82) is 0 Å². The summed E-state index contributed by atoms with van der Waals surface area (Å²) in [5.74, 6) is -10.6. The van der Waals surface area contributed by atoms with Crippen LogP contribution in [0.4, 0.5) is 0 Å². The molecule has 1 aliphatic rings. The Morgan fingerprint density at radius 3 is 1.80 bits per heavy atom. The Balaban J connectivity index is 2.37. The number of aliphatic imine (C=N–C) groups is 1. The van der Waals surface area contributed by atoms with Crippen molar-refractivity contribution in [1.82, 2.24) is 52.1 Å². The van der Waals surface area contributed by atoms with Gasteiger partial charge in [0.05, 0.1) is 26.1 Å². The molecular weight excluding hydrogens is 939 g/mol. The van der Waals surface area contributed by atoms with Gasteiger partial charge in [0.2, 0.25) is 53.2 Å². The molecule has 9 atom stereocenters. The highest BCUT2D eigenvalue weighted by Gasteiger charge is 2.40. The fraction of sp³-hybridized carbons (Fsp3) is 0.667. The number of carbonyl (C=O) groups is 10. The fourth-order valence-electron chi connectivity index (χ4n) is 7.22. The Morgan fingerprint density at radius 1 is 0.732 bits per heavy atom. The molecule has 1 fully saturated rings. The van der Waals surface area contributed by atoms with Crippen LogP contribution in [-0.2, 0) is 54.4 Å². The van der Waals surface area contributed by atoms with Crippen LogP contribution in [0.15, 0.2) is 17.5 Å². The molecule has 0 bridgehead atoms. The van der Waals surface area contributed by atoms with Gasteiger partial charge >= 0.3 is 5.97 Å². The number of carboxylic acids is 1. The zero-order valence-electron chi connectivity index (χ0n) is 40.2. The number of hydrogen-bond acceptors (Lipinski definition) is 16. The average molecular weight is 1010 g/mol. The number of aromatic amines is 1. The third-order valence-corrected chi connectivity index (χ3v) is 11.1. The van der Waals surface area contributed by atoms with Gasteiger partial charge in [-0.2, -0.15) is 0 Å². The summed E-state index contributed by atoms with van der Waals surface area (Å²) in [6, 6.07) is -13.1. The lowest BCUT2D eigenvalue weighted by Crippen LogP contribution is -2.61. The molecule has 0 radical (unpaired) electrons. The van der Waals surface area contributed by atoms with Crippen LogP contribution in [-0.4, -0.2) is 188 Å². The van der Waals surface area contributed by atoms with Crippen LogP contribution in [0.25, 0.3) is 0 Å². The number of aromatic nitrogens is 2. The molecule has 1 aliphatic heterocycles. The van der Waals surface area contributed by atoms with Gasteiger partial charge < -0.3 is 90.5 Å². The number of rotatable bonds is 31. The molecule has 29 nitrogen and oxygen atoms in total. The van der Waals surface area contributed by atoms with E-state index in [1.54, 1.807) is 13.8 Å². The van der Waals surface area contributed by atoms with Gasteiger partial charge in [-0.25, -0.2) is 9.78 Å². The standard InChI is InChI=1S/C42H71N15O14/c1-20(2)13-26(52-33(62)23(43)16-58)35(64)51-25(9-10-31(44)61)40(69)57-12-6-8-30(57)39(68)50-24(7-5-11-48-42(45)46)34(63)54-28(17-59)37(66)53-27(14-22-15-47-19-49-22)36(65)55-29(18-60)38(67)56-32(21(3)4)41(70)71/h15,19-21,23-30,32,58-60H,5-14,16-18,43H2,1-4H3,(H2,44,61)(H,47,49)(H,50,68)(H,51,64)(H,52,62)(H,53,66)(H,54,63)(H,55,65)(H,56,67)(H,70,71)(H4,45,46,48)/t23-,24-,25-,26-,27-,28-,29-,30-,32-/m0/s1. The molecule has 29 heteroatoms. The first-order chi connectivity index (χ1) is 33.4. The molecule has 71 heavy (non-hydrogen) atoms. The van der Waals surface area contributed by atoms with E-state index in [1.165, 1.54) is 26.4 Å². The van der Waals surface area contributed by atoms with Crippen molar-refractivity contribution >= 4 is 65.1 Å². The maximum atomic E-state index is 14.2. The maximum Gasteiger partial charge on any atom is 0.326 e. The van der Waals surface area contributed by atoms with Crippen molar-refractivity contribution in [3.63, 3.8) is 0 Å². The minimum absolute atomic E-state index is 0.00327. The number of primary amides is 1. The normalized spacial score (nSPS) is 16.7. The van der Waals surface area contributed by atoms with Crippen LogP contribution in [0.1, 0.15) is 78.3 Å². The van der Waals surface area contributed by atoms with Crippen LogP contribution < -0.4 is 60.2 Å². The molecule has 2 heterocycles. The summed E-state index contributed by atoms with van der Waals surface area (Å²) in [5.41, 5.74) is 22.2. The van der Waals surface area contributed by atoms with Crippen LogP contribution in [0.2, 0.25) is 0 Å². The van der Waals surface area contributed by atoms with Crippen LogP contribution in [0.5, 0.6) is 0 Å². The number of nitrogens with one attached hydrogen (secondary N) is 8. The summed E-state index contributed by atoms with van der Waals surface area (Å²) >= 11 is 0. The number of likely N-dealkylation sites (tertiary alicyclic amines) is 1. The van der Waals surface area contributed by atoms with E-state index in [2.05, 4.69) is 52.2 Å². The van der Waals surface area contributed by atoms with Crippen molar-refractivity contribution in [3.8, 4) is 0 Å². The van der Waals surface area contributed by atoms with Crippen molar-refractivity contribution in [3.05, 3.63) is 18.2 Å². The van der Waals surface area contributed by atoms with Crippen LogP contribution in [0.3, 0.4) is 0 Å². The Kier molecular flexibility index (Phi) is 25.3. The van der Waals surface area contributed by atoms with E-state index in [1.807, 2.05) is 0 Å². The van der Waals surface area contributed by atoms with Gasteiger partial charge in [-0.1, -0.05) is 27.7 Å². The minimum atomic E-state index is -1.78. The third-order valence-electron chi connectivity index (χ3n) is 11.1. The zero-order valence-corrected chi connectivity index (χ0v) is 40.2. The number of nitrogens with zero attached hydrogens (tertiary/aromatic N) is 3. The molecule has 1 saturated heterocycles. The average Bonchev–Trinajstić information content (AvgIpc) is 4.03. The molecule has 0 spiro atoms. The van der Waals surface area contributed by atoms with Crippen LogP contribution in [0, 0.1) is 11.8 Å². The lowest BCUT2D eigenvalue weighted by molar-refractivity contribution is -0.144. The summed E-state index contributed by atoms with van der Waals surface area (Å²) in [7, 11) is 0. The van der Waals surface area contributed by atoms with Gasteiger partial charge in [0.1, 0.15) is 54.4 Å². The van der Waals surface area contributed by atoms with Gasteiger partial charge in [0.25, 0.3) is 0 Å². The fourth-order valence-corrected chi connectivity index (χ4v) is 7.22. The Bertz CT molecular complexity index is 2020. The topological polar surface area (TPSA) is 484 Å². The van der Waals surface area contributed by atoms with E-state index in [0.29, 0.717) is 5.69 Å². The summed E-state index contributed by atoms with van der Waals surface area (Å²) in [5, 5.41) is 56.0. The van der Waals surface area contributed by atoms with E-state index in [9.17, 15) is 68.4 Å². The second-order valence-electron chi connectivity index (χ2n) is 17.6. The summed E-state index contributed by atoms with van der Waals surface area (Å²) in [6.45, 7) is 3.86. The number of imidazole rings is 1. The molecule has 9 amide bonds. The van der Waals surface area contributed by atoms with Gasteiger partial charge in [-0.3, -0.25) is 48.1 Å².